The van der Waals surface area contributed by atoms with E-state index in [0.29, 0.717) is 0 Å². The van der Waals surface area contributed by atoms with E-state index in [2.05, 4.69) is 26.5 Å². The number of hydrogen-bond donors (Lipinski definition) is 1. The van der Waals surface area contributed by atoms with Crippen molar-refractivity contribution in [3.05, 3.63) is 40.5 Å². The number of hydrogen-bond acceptors (Lipinski definition) is 7. The lowest BCUT2D eigenvalue weighted by atomic mass is 10.3. The lowest BCUT2D eigenvalue weighted by Crippen LogP contribution is -2.35. The minimum atomic E-state index is -0.174. The molecule has 1 saturated heterocycles. The Bertz CT molecular complexity index is 863. The maximum absolute atomic E-state index is 12.0. The molecule has 1 amide bonds. The van der Waals surface area contributed by atoms with Crippen molar-refractivity contribution in [2.24, 2.45) is 5.10 Å². The van der Waals surface area contributed by atoms with Gasteiger partial charge in [-0.05, 0) is 12.1 Å². The van der Waals surface area contributed by atoms with Gasteiger partial charge in [-0.25, -0.2) is 10.4 Å². The van der Waals surface area contributed by atoms with Crippen LogP contribution in [0.25, 0.3) is 4.96 Å². The van der Waals surface area contributed by atoms with E-state index in [1.54, 1.807) is 28.9 Å². The Morgan fingerprint density at radius 3 is 3.12 bits per heavy atom. The number of carbonyl (C=O) groups excluding carboxylic acids is 1. The van der Waals surface area contributed by atoms with E-state index in [1.807, 2.05) is 28.2 Å². The number of amides is 1. The molecule has 0 spiro atoms. The lowest BCUT2D eigenvalue weighted by molar-refractivity contribution is -0.120. The van der Waals surface area contributed by atoms with Crippen LogP contribution in [0.2, 0.25) is 0 Å². The van der Waals surface area contributed by atoms with Crippen LogP contribution in [0.5, 0.6) is 0 Å². The number of rotatable bonds is 5. The molecule has 3 aromatic rings. The number of hydrazone groups is 1. The van der Waals surface area contributed by atoms with Gasteiger partial charge in [0.05, 0.1) is 36.5 Å². The third-order valence-electron chi connectivity index (χ3n) is 3.80. The van der Waals surface area contributed by atoms with Crippen LogP contribution in [-0.4, -0.2) is 47.8 Å². The van der Waals surface area contributed by atoms with Gasteiger partial charge in [-0.2, -0.15) is 5.10 Å². The van der Waals surface area contributed by atoms with Crippen molar-refractivity contribution in [1.29, 1.82) is 0 Å². The molecule has 7 nitrogen and oxygen atoms in total. The zero-order valence-electron chi connectivity index (χ0n) is 13.4. The number of fused-ring (bicyclic) bond motifs is 1. The van der Waals surface area contributed by atoms with E-state index in [0.717, 1.165) is 41.8 Å². The first-order chi connectivity index (χ1) is 12.3. The standard InChI is InChI=1S/C16H17N5O2S2/c22-14(9-12-11-21-5-8-24-16(21)18-12)19-17-10-13-1-2-15(25-13)20-3-6-23-7-4-20/h1-2,5,8,10-11H,3-4,6-7,9H2,(H,19,22)/b17-10+. The molecule has 1 fully saturated rings. The highest BCUT2D eigenvalue weighted by Gasteiger charge is 2.12. The Morgan fingerprint density at radius 2 is 2.28 bits per heavy atom. The summed E-state index contributed by atoms with van der Waals surface area (Å²) < 4.78 is 7.28. The number of anilines is 1. The molecule has 3 aromatic heterocycles. The Morgan fingerprint density at radius 1 is 1.40 bits per heavy atom. The average Bonchev–Trinajstić information content (AvgIpc) is 3.32. The number of nitrogens with one attached hydrogen (secondary N) is 1. The number of ether oxygens (including phenoxy) is 1. The Hall–Kier alpha value is -2.23. The molecule has 9 heteroatoms. The largest absolute Gasteiger partial charge is 0.378 e. The summed E-state index contributed by atoms with van der Waals surface area (Å²) in [4.78, 5) is 20.5. The van der Waals surface area contributed by atoms with Crippen LogP contribution in [0.4, 0.5) is 5.00 Å². The highest BCUT2D eigenvalue weighted by atomic mass is 32.1. The fraction of sp³-hybridized carbons (Fsp3) is 0.312. The fourth-order valence-electron chi connectivity index (χ4n) is 2.60. The van der Waals surface area contributed by atoms with Crippen molar-refractivity contribution < 1.29 is 9.53 Å². The average molecular weight is 375 g/mol. The van der Waals surface area contributed by atoms with Crippen molar-refractivity contribution in [3.63, 3.8) is 0 Å². The van der Waals surface area contributed by atoms with E-state index < -0.39 is 0 Å². The molecule has 0 radical (unpaired) electrons. The fourth-order valence-corrected chi connectivity index (χ4v) is 4.25. The lowest BCUT2D eigenvalue weighted by Gasteiger charge is -2.27. The van der Waals surface area contributed by atoms with Gasteiger partial charge in [0.1, 0.15) is 0 Å². The van der Waals surface area contributed by atoms with Gasteiger partial charge in [0, 0.05) is 35.7 Å². The molecule has 1 aliphatic heterocycles. The number of aromatic nitrogens is 2. The molecule has 1 aliphatic rings. The molecule has 0 saturated carbocycles. The van der Waals surface area contributed by atoms with Crippen LogP contribution < -0.4 is 10.3 Å². The minimum Gasteiger partial charge on any atom is -0.378 e. The topological polar surface area (TPSA) is 71.2 Å². The smallest absolute Gasteiger partial charge is 0.246 e. The summed E-state index contributed by atoms with van der Waals surface area (Å²) >= 11 is 3.20. The Kier molecular flexibility index (Phi) is 4.77. The minimum absolute atomic E-state index is 0.174. The second-order valence-corrected chi connectivity index (χ2v) is 7.54. The summed E-state index contributed by atoms with van der Waals surface area (Å²) in [6.07, 6.45) is 5.69. The maximum atomic E-state index is 12.0. The Balaban J connectivity index is 1.30. The van der Waals surface area contributed by atoms with Gasteiger partial charge in [-0.3, -0.25) is 9.20 Å². The summed E-state index contributed by atoms with van der Waals surface area (Å²) in [7, 11) is 0. The molecular weight excluding hydrogens is 358 g/mol. The summed E-state index contributed by atoms with van der Waals surface area (Å²) in [5, 5.41) is 7.21. The molecule has 0 atom stereocenters. The predicted molar refractivity (Wildman–Crippen MR) is 99.9 cm³/mol. The summed E-state index contributed by atoms with van der Waals surface area (Å²) in [5.41, 5.74) is 3.30. The van der Waals surface area contributed by atoms with Crippen molar-refractivity contribution >= 4 is 44.8 Å². The monoisotopic (exact) mass is 375 g/mol. The van der Waals surface area contributed by atoms with E-state index >= 15 is 0 Å². The predicted octanol–water partition coefficient (Wildman–Crippen LogP) is 1.99. The van der Waals surface area contributed by atoms with E-state index in [9.17, 15) is 4.79 Å². The summed E-state index contributed by atoms with van der Waals surface area (Å²) in [6.45, 7) is 3.36. The second kappa shape index (κ2) is 7.34. The first-order valence-electron chi connectivity index (χ1n) is 7.93. The second-order valence-electron chi connectivity index (χ2n) is 5.57. The Labute approximate surface area is 152 Å². The zero-order valence-corrected chi connectivity index (χ0v) is 15.1. The van der Waals surface area contributed by atoms with Crippen LogP contribution >= 0.6 is 22.7 Å². The summed E-state index contributed by atoms with van der Waals surface area (Å²) in [5.74, 6) is -0.174. The number of thiophene rings is 1. The van der Waals surface area contributed by atoms with Gasteiger partial charge in [-0.1, -0.05) is 0 Å². The molecule has 130 valence electrons. The van der Waals surface area contributed by atoms with Gasteiger partial charge >= 0.3 is 0 Å². The van der Waals surface area contributed by atoms with Crippen LogP contribution in [0, 0.1) is 0 Å². The van der Waals surface area contributed by atoms with Gasteiger partial charge < -0.3 is 9.64 Å². The molecule has 25 heavy (non-hydrogen) atoms. The summed E-state index contributed by atoms with van der Waals surface area (Å²) in [6, 6.07) is 4.09. The van der Waals surface area contributed by atoms with E-state index in [1.165, 1.54) is 5.00 Å². The number of morpholine rings is 1. The maximum Gasteiger partial charge on any atom is 0.246 e. The van der Waals surface area contributed by atoms with Gasteiger partial charge in [-0.15, -0.1) is 22.7 Å². The van der Waals surface area contributed by atoms with Crippen molar-refractivity contribution in [1.82, 2.24) is 14.8 Å². The normalized spacial score (nSPS) is 15.3. The highest BCUT2D eigenvalue weighted by molar-refractivity contribution is 7.17. The molecule has 1 N–H and O–H groups in total. The SMILES string of the molecule is O=C(Cc1cn2ccsc2n1)N/N=C/c1ccc(N2CCOCC2)s1. The first kappa shape index (κ1) is 16.2. The van der Waals surface area contributed by atoms with Gasteiger partial charge in [0.2, 0.25) is 5.91 Å². The molecular formula is C16H17N5O2S2. The third-order valence-corrected chi connectivity index (χ3v) is 5.65. The number of carbonyl (C=O) groups is 1. The third kappa shape index (κ3) is 3.89. The zero-order chi connectivity index (χ0) is 17.1. The number of nitrogens with zero attached hydrogens (tertiary/aromatic N) is 4. The molecule has 0 aromatic carbocycles. The van der Waals surface area contributed by atoms with Gasteiger partial charge in [0.15, 0.2) is 4.96 Å². The quantitative estimate of drug-likeness (QED) is 0.547. The molecule has 0 aliphatic carbocycles. The molecule has 0 bridgehead atoms. The molecule has 4 heterocycles. The van der Waals surface area contributed by atoms with Crippen molar-refractivity contribution in [2.45, 2.75) is 6.42 Å². The number of imidazole rings is 1. The number of thiazole rings is 1. The van der Waals surface area contributed by atoms with Crippen LogP contribution in [0.3, 0.4) is 0 Å². The van der Waals surface area contributed by atoms with E-state index in [-0.39, 0.29) is 12.3 Å². The van der Waals surface area contributed by atoms with Crippen molar-refractivity contribution in [2.75, 3.05) is 31.2 Å². The van der Waals surface area contributed by atoms with Gasteiger partial charge in [0.25, 0.3) is 0 Å². The van der Waals surface area contributed by atoms with E-state index in [4.69, 9.17) is 4.74 Å². The van der Waals surface area contributed by atoms with Crippen LogP contribution in [0.1, 0.15) is 10.6 Å². The highest BCUT2D eigenvalue weighted by Crippen LogP contribution is 2.25. The molecule has 0 unspecified atom stereocenters. The first-order valence-corrected chi connectivity index (χ1v) is 9.63. The van der Waals surface area contributed by atoms with Crippen LogP contribution in [-0.2, 0) is 16.0 Å². The van der Waals surface area contributed by atoms with Crippen LogP contribution in [0.15, 0.2) is 35.0 Å². The van der Waals surface area contributed by atoms with Crippen molar-refractivity contribution in [3.8, 4) is 0 Å². The molecule has 4 rings (SSSR count).